The molecule has 31 heavy (non-hydrogen) atoms. The van der Waals surface area contributed by atoms with Gasteiger partial charge in [0.2, 0.25) is 0 Å². The average molecular weight is 438 g/mol. The Hall–Kier alpha value is -2.21. The van der Waals surface area contributed by atoms with Crippen LogP contribution in [0.15, 0.2) is 46.1 Å². The Kier molecular flexibility index (Phi) is 5.83. The summed E-state index contributed by atoms with van der Waals surface area (Å²) in [6, 6.07) is 12.7. The fourth-order valence-corrected chi connectivity index (χ4v) is 6.12. The van der Waals surface area contributed by atoms with Gasteiger partial charge in [-0.1, -0.05) is 31.4 Å². The van der Waals surface area contributed by atoms with Crippen molar-refractivity contribution in [3.05, 3.63) is 52.4 Å². The molecule has 2 amide bonds. The summed E-state index contributed by atoms with van der Waals surface area (Å²) < 4.78 is 1.98. The number of rotatable bonds is 3. The van der Waals surface area contributed by atoms with Gasteiger partial charge in [-0.2, -0.15) is 0 Å². The van der Waals surface area contributed by atoms with E-state index in [4.69, 9.17) is 0 Å². The second kappa shape index (κ2) is 8.73. The number of fused-ring (bicyclic) bond motifs is 4. The van der Waals surface area contributed by atoms with Crippen LogP contribution in [0.25, 0.3) is 11.1 Å². The Balaban J connectivity index is 1.42. The summed E-state index contributed by atoms with van der Waals surface area (Å²) in [5, 5.41) is 3.29. The Bertz CT molecular complexity index is 1010. The molecule has 1 aliphatic carbocycles. The first-order chi connectivity index (χ1) is 15.1. The molecule has 2 atom stereocenters. The van der Waals surface area contributed by atoms with Gasteiger partial charge in [0.1, 0.15) is 0 Å². The zero-order valence-corrected chi connectivity index (χ0v) is 19.0. The topological polar surface area (TPSA) is 54.3 Å². The van der Waals surface area contributed by atoms with Gasteiger partial charge in [-0.05, 0) is 55.2 Å². The molecule has 3 aliphatic rings. The van der Waals surface area contributed by atoms with Crippen molar-refractivity contribution in [2.24, 2.45) is 5.92 Å². The Morgan fingerprint density at radius 1 is 1.00 bits per heavy atom. The molecule has 2 aromatic rings. The van der Waals surface area contributed by atoms with E-state index in [1.165, 1.54) is 24.2 Å². The molecule has 2 aliphatic heterocycles. The third-order valence-corrected chi connectivity index (χ3v) is 7.95. The molecule has 164 valence electrons. The van der Waals surface area contributed by atoms with E-state index in [0.29, 0.717) is 25.0 Å². The molecule has 0 unspecified atom stereocenters. The SMILES string of the molecule is CSc1ccc(-c2ccc(=O)n3c2[C@@H]2C[C@@H](CN(C(=O)NC4CCCCC4)C2)C3)cc1. The third kappa shape index (κ3) is 4.14. The van der Waals surface area contributed by atoms with Gasteiger partial charge in [0.15, 0.2) is 0 Å². The van der Waals surface area contributed by atoms with E-state index in [9.17, 15) is 9.59 Å². The lowest BCUT2D eigenvalue weighted by Gasteiger charge is -2.44. The highest BCUT2D eigenvalue weighted by Gasteiger charge is 2.38. The maximum absolute atomic E-state index is 13.0. The van der Waals surface area contributed by atoms with Crippen LogP contribution in [-0.4, -0.2) is 40.9 Å². The molecule has 1 aromatic heterocycles. The number of nitrogens with one attached hydrogen (secondary N) is 1. The lowest BCUT2D eigenvalue weighted by Crippen LogP contribution is -2.53. The van der Waals surface area contributed by atoms with Gasteiger partial charge in [-0.15, -0.1) is 11.8 Å². The predicted octanol–water partition coefficient (Wildman–Crippen LogP) is 4.70. The minimum Gasteiger partial charge on any atom is -0.335 e. The largest absolute Gasteiger partial charge is 0.335 e. The highest BCUT2D eigenvalue weighted by Crippen LogP contribution is 2.40. The highest BCUT2D eigenvalue weighted by atomic mass is 32.2. The van der Waals surface area contributed by atoms with Crippen molar-refractivity contribution < 1.29 is 4.79 Å². The molecule has 0 spiro atoms. The fraction of sp³-hybridized carbons (Fsp3) is 0.520. The molecule has 3 heterocycles. The number of hydrogen-bond donors (Lipinski definition) is 1. The van der Waals surface area contributed by atoms with Crippen LogP contribution in [-0.2, 0) is 6.54 Å². The van der Waals surface area contributed by atoms with Gasteiger partial charge in [0.25, 0.3) is 5.56 Å². The number of nitrogens with zero attached hydrogens (tertiary/aromatic N) is 2. The van der Waals surface area contributed by atoms with Crippen molar-refractivity contribution in [2.75, 3.05) is 19.3 Å². The smallest absolute Gasteiger partial charge is 0.317 e. The van der Waals surface area contributed by atoms with Crippen LogP contribution < -0.4 is 10.9 Å². The first-order valence-electron chi connectivity index (χ1n) is 11.6. The van der Waals surface area contributed by atoms with Crippen LogP contribution in [0.3, 0.4) is 0 Å². The van der Waals surface area contributed by atoms with Crippen LogP contribution in [0.5, 0.6) is 0 Å². The maximum Gasteiger partial charge on any atom is 0.317 e. The molecule has 1 aromatic carbocycles. The highest BCUT2D eigenvalue weighted by molar-refractivity contribution is 7.98. The summed E-state index contributed by atoms with van der Waals surface area (Å²) in [5.74, 6) is 0.545. The molecule has 1 N–H and O–H groups in total. The van der Waals surface area contributed by atoms with E-state index in [-0.39, 0.29) is 17.5 Å². The van der Waals surface area contributed by atoms with Gasteiger partial charge in [0, 0.05) is 53.8 Å². The number of pyridine rings is 1. The van der Waals surface area contributed by atoms with Crippen molar-refractivity contribution >= 4 is 17.8 Å². The van der Waals surface area contributed by atoms with E-state index < -0.39 is 0 Å². The maximum atomic E-state index is 13.0. The molecular formula is C25H31N3O2S. The number of benzene rings is 1. The fourth-order valence-electron chi connectivity index (χ4n) is 5.71. The summed E-state index contributed by atoms with van der Waals surface area (Å²) in [7, 11) is 0. The van der Waals surface area contributed by atoms with E-state index >= 15 is 0 Å². The normalized spacial score (nSPS) is 23.3. The van der Waals surface area contributed by atoms with Gasteiger partial charge >= 0.3 is 6.03 Å². The molecule has 6 heteroatoms. The van der Waals surface area contributed by atoms with E-state index in [1.54, 1.807) is 17.8 Å². The summed E-state index contributed by atoms with van der Waals surface area (Å²) in [5.41, 5.74) is 3.46. The minimum absolute atomic E-state index is 0.0780. The number of aromatic nitrogens is 1. The van der Waals surface area contributed by atoms with Crippen molar-refractivity contribution in [2.45, 2.75) is 61.9 Å². The monoisotopic (exact) mass is 437 g/mol. The average Bonchev–Trinajstić information content (AvgIpc) is 2.80. The zero-order valence-electron chi connectivity index (χ0n) is 18.2. The lowest BCUT2D eigenvalue weighted by molar-refractivity contribution is 0.128. The molecule has 1 saturated carbocycles. The number of urea groups is 1. The molecular weight excluding hydrogens is 406 g/mol. The van der Waals surface area contributed by atoms with Crippen LogP contribution >= 0.6 is 11.8 Å². The third-order valence-electron chi connectivity index (χ3n) is 7.21. The summed E-state index contributed by atoms with van der Waals surface area (Å²) in [4.78, 5) is 29.0. The number of carbonyl (C=O) groups excluding carboxylic acids is 1. The second-order valence-electron chi connectivity index (χ2n) is 9.30. The van der Waals surface area contributed by atoms with Crippen LogP contribution in [0.2, 0.25) is 0 Å². The van der Waals surface area contributed by atoms with Gasteiger partial charge < -0.3 is 14.8 Å². The van der Waals surface area contributed by atoms with E-state index in [1.807, 2.05) is 15.5 Å². The predicted molar refractivity (Wildman–Crippen MR) is 126 cm³/mol. The molecule has 5 nitrogen and oxygen atoms in total. The van der Waals surface area contributed by atoms with Crippen molar-refractivity contribution in [3.63, 3.8) is 0 Å². The van der Waals surface area contributed by atoms with Crippen LogP contribution in [0.1, 0.15) is 50.1 Å². The molecule has 1 saturated heterocycles. The van der Waals surface area contributed by atoms with Crippen LogP contribution in [0, 0.1) is 5.92 Å². The van der Waals surface area contributed by atoms with Crippen molar-refractivity contribution in [3.8, 4) is 11.1 Å². The molecule has 2 bridgehead atoms. The van der Waals surface area contributed by atoms with Crippen molar-refractivity contribution in [1.29, 1.82) is 0 Å². The quantitative estimate of drug-likeness (QED) is 0.708. The second-order valence-corrected chi connectivity index (χ2v) is 10.2. The summed E-state index contributed by atoms with van der Waals surface area (Å²) in [6.45, 7) is 2.14. The number of carbonyl (C=O) groups is 1. The van der Waals surface area contributed by atoms with Gasteiger partial charge in [-0.25, -0.2) is 4.79 Å². The van der Waals surface area contributed by atoms with Gasteiger partial charge in [0.05, 0.1) is 0 Å². The first-order valence-corrected chi connectivity index (χ1v) is 12.8. The van der Waals surface area contributed by atoms with Crippen LogP contribution in [0.4, 0.5) is 4.79 Å². The number of piperidine rings is 1. The van der Waals surface area contributed by atoms with E-state index in [2.05, 4.69) is 35.8 Å². The van der Waals surface area contributed by atoms with E-state index in [0.717, 1.165) is 42.6 Å². The zero-order chi connectivity index (χ0) is 21.4. The van der Waals surface area contributed by atoms with Gasteiger partial charge in [-0.3, -0.25) is 4.79 Å². The summed E-state index contributed by atoms with van der Waals surface area (Å²) >= 11 is 1.73. The molecule has 2 fully saturated rings. The Morgan fingerprint density at radius 2 is 1.77 bits per heavy atom. The molecule has 5 rings (SSSR count). The number of hydrogen-bond acceptors (Lipinski definition) is 3. The minimum atomic E-state index is 0.0780. The number of likely N-dealkylation sites (tertiary alicyclic amines) is 1. The first kappa shape index (κ1) is 20.7. The Morgan fingerprint density at radius 3 is 2.52 bits per heavy atom. The van der Waals surface area contributed by atoms with Crippen molar-refractivity contribution in [1.82, 2.24) is 14.8 Å². The lowest BCUT2D eigenvalue weighted by atomic mass is 9.80. The number of thioether (sulfide) groups is 1. The molecule has 0 radical (unpaired) electrons. The standard InChI is InChI=1S/C25H31N3O2S/c1-31-21-9-7-18(8-10-21)22-11-12-23(29)28-15-17-13-19(24(22)28)16-27(14-17)25(30)26-20-5-3-2-4-6-20/h7-12,17,19-20H,2-6,13-16H2,1H3,(H,26,30)/t17-,19+/m0/s1. The Labute approximate surface area is 188 Å². The number of amides is 2. The summed E-state index contributed by atoms with van der Waals surface area (Å²) in [6.07, 6.45) is 9.03.